The zero-order valence-electron chi connectivity index (χ0n) is 11.0. The number of carbonyl (C=O) groups is 2. The van der Waals surface area contributed by atoms with Crippen LogP contribution in [-0.2, 0) is 9.53 Å². The molecule has 0 unspecified atom stereocenters. The van der Waals surface area contributed by atoms with Crippen molar-refractivity contribution in [2.45, 2.75) is 6.92 Å². The number of hydrogen-bond acceptors (Lipinski definition) is 4. The molecule has 0 aromatic heterocycles. The molecule has 1 aromatic carbocycles. The highest BCUT2D eigenvalue weighted by Crippen LogP contribution is 2.19. The lowest BCUT2D eigenvalue weighted by molar-refractivity contribution is -0.141. The fourth-order valence-electron chi connectivity index (χ4n) is 1.50. The van der Waals surface area contributed by atoms with E-state index in [4.69, 9.17) is 4.74 Å². The summed E-state index contributed by atoms with van der Waals surface area (Å²) >= 11 is 0. The number of aryl methyl sites for hydroxylation is 1. The van der Waals surface area contributed by atoms with Crippen molar-refractivity contribution in [2.24, 2.45) is 0 Å². The Kier molecular flexibility index (Phi) is 4.71. The molecule has 0 aliphatic rings. The minimum atomic E-state index is -0.454. The third-order valence-corrected chi connectivity index (χ3v) is 2.60. The van der Waals surface area contributed by atoms with Crippen LogP contribution in [0.15, 0.2) is 18.2 Å². The molecule has 0 radical (unpaired) electrons. The molecular formula is C13H17NO4. The van der Waals surface area contributed by atoms with Gasteiger partial charge < -0.3 is 14.4 Å². The Morgan fingerprint density at radius 3 is 2.50 bits per heavy atom. The highest BCUT2D eigenvalue weighted by Gasteiger charge is 2.16. The summed E-state index contributed by atoms with van der Waals surface area (Å²) < 4.78 is 9.67. The minimum absolute atomic E-state index is 0.0779. The van der Waals surface area contributed by atoms with Crippen molar-refractivity contribution in [3.05, 3.63) is 29.3 Å². The quantitative estimate of drug-likeness (QED) is 0.756. The number of likely N-dealkylation sites (N-methyl/N-ethyl adjacent to an activating group) is 1. The van der Waals surface area contributed by atoms with Gasteiger partial charge in [0.15, 0.2) is 0 Å². The number of benzene rings is 1. The third-order valence-electron chi connectivity index (χ3n) is 2.60. The van der Waals surface area contributed by atoms with E-state index >= 15 is 0 Å². The van der Waals surface area contributed by atoms with Gasteiger partial charge in [-0.1, -0.05) is 6.07 Å². The van der Waals surface area contributed by atoms with E-state index in [0.29, 0.717) is 11.3 Å². The van der Waals surface area contributed by atoms with Gasteiger partial charge >= 0.3 is 5.97 Å². The molecule has 0 heterocycles. The Bertz CT molecular complexity index is 456. The largest absolute Gasteiger partial charge is 0.496 e. The van der Waals surface area contributed by atoms with Crippen LogP contribution < -0.4 is 4.74 Å². The van der Waals surface area contributed by atoms with E-state index in [2.05, 4.69) is 4.74 Å². The number of rotatable bonds is 4. The molecule has 0 bridgehead atoms. The Hall–Kier alpha value is -2.04. The first kappa shape index (κ1) is 14.0. The Morgan fingerprint density at radius 2 is 1.94 bits per heavy atom. The van der Waals surface area contributed by atoms with Crippen LogP contribution in [-0.4, -0.2) is 44.6 Å². The maximum atomic E-state index is 12.0. The van der Waals surface area contributed by atoms with Gasteiger partial charge in [0.05, 0.1) is 14.2 Å². The van der Waals surface area contributed by atoms with Gasteiger partial charge in [-0.05, 0) is 24.6 Å². The van der Waals surface area contributed by atoms with Crippen molar-refractivity contribution < 1.29 is 19.1 Å². The second-order valence-electron chi connectivity index (χ2n) is 3.92. The van der Waals surface area contributed by atoms with Crippen molar-refractivity contribution in [3.63, 3.8) is 0 Å². The molecule has 98 valence electrons. The number of esters is 1. The SMILES string of the molecule is COC(=O)CN(C)C(=O)c1ccc(C)c(OC)c1. The second kappa shape index (κ2) is 6.05. The zero-order chi connectivity index (χ0) is 13.7. The van der Waals surface area contributed by atoms with E-state index in [9.17, 15) is 9.59 Å². The Balaban J connectivity index is 2.86. The van der Waals surface area contributed by atoms with Crippen molar-refractivity contribution in [1.82, 2.24) is 4.90 Å². The number of methoxy groups -OCH3 is 2. The van der Waals surface area contributed by atoms with E-state index in [1.165, 1.54) is 12.0 Å². The van der Waals surface area contributed by atoms with E-state index in [-0.39, 0.29) is 12.5 Å². The van der Waals surface area contributed by atoms with E-state index in [1.807, 2.05) is 6.92 Å². The van der Waals surface area contributed by atoms with E-state index in [1.54, 1.807) is 32.4 Å². The predicted molar refractivity (Wildman–Crippen MR) is 66.7 cm³/mol. The summed E-state index contributed by atoms with van der Waals surface area (Å²) in [7, 11) is 4.38. The maximum Gasteiger partial charge on any atom is 0.325 e. The molecule has 1 amide bonds. The third kappa shape index (κ3) is 3.23. The van der Waals surface area contributed by atoms with Gasteiger partial charge in [-0.2, -0.15) is 0 Å². The molecule has 1 rings (SSSR count). The molecule has 0 aliphatic heterocycles. The van der Waals surface area contributed by atoms with Crippen LogP contribution in [0.1, 0.15) is 15.9 Å². The predicted octanol–water partition coefficient (Wildman–Crippen LogP) is 1.25. The number of nitrogens with zero attached hydrogens (tertiary/aromatic N) is 1. The lowest BCUT2D eigenvalue weighted by Gasteiger charge is -2.16. The molecule has 5 nitrogen and oxygen atoms in total. The first-order chi connectivity index (χ1) is 8.49. The monoisotopic (exact) mass is 251 g/mol. The zero-order valence-corrected chi connectivity index (χ0v) is 11.0. The highest BCUT2D eigenvalue weighted by molar-refractivity contribution is 5.96. The van der Waals surface area contributed by atoms with Crippen LogP contribution in [0.5, 0.6) is 5.75 Å². The van der Waals surface area contributed by atoms with Crippen molar-refractivity contribution in [2.75, 3.05) is 27.8 Å². The lowest BCUT2D eigenvalue weighted by Crippen LogP contribution is -2.32. The molecule has 18 heavy (non-hydrogen) atoms. The average Bonchev–Trinajstić information content (AvgIpc) is 2.38. The molecule has 0 N–H and O–H groups in total. The summed E-state index contributed by atoms with van der Waals surface area (Å²) in [5.41, 5.74) is 1.42. The smallest absolute Gasteiger partial charge is 0.325 e. The van der Waals surface area contributed by atoms with Gasteiger partial charge in [0, 0.05) is 12.6 Å². The number of ether oxygens (including phenoxy) is 2. The van der Waals surface area contributed by atoms with Gasteiger partial charge in [0.2, 0.25) is 0 Å². The molecule has 0 spiro atoms. The number of carbonyl (C=O) groups excluding carboxylic acids is 2. The summed E-state index contributed by atoms with van der Waals surface area (Å²) in [4.78, 5) is 24.4. The van der Waals surface area contributed by atoms with Gasteiger partial charge in [-0.3, -0.25) is 9.59 Å². The summed E-state index contributed by atoms with van der Waals surface area (Å²) in [6.45, 7) is 1.82. The molecule has 5 heteroatoms. The number of amides is 1. The molecular weight excluding hydrogens is 234 g/mol. The van der Waals surface area contributed by atoms with E-state index < -0.39 is 5.97 Å². The first-order valence-corrected chi connectivity index (χ1v) is 5.46. The lowest BCUT2D eigenvalue weighted by atomic mass is 10.1. The fourth-order valence-corrected chi connectivity index (χ4v) is 1.50. The van der Waals surface area contributed by atoms with Crippen molar-refractivity contribution >= 4 is 11.9 Å². The molecule has 0 fully saturated rings. The van der Waals surface area contributed by atoms with Gasteiger partial charge in [0.1, 0.15) is 12.3 Å². The molecule has 1 aromatic rings. The summed E-state index contributed by atoms with van der Waals surface area (Å²) in [5, 5.41) is 0. The number of hydrogen-bond donors (Lipinski definition) is 0. The van der Waals surface area contributed by atoms with Crippen LogP contribution in [0.4, 0.5) is 0 Å². The topological polar surface area (TPSA) is 55.8 Å². The van der Waals surface area contributed by atoms with Gasteiger partial charge in [0.25, 0.3) is 5.91 Å². The Morgan fingerprint density at radius 1 is 1.28 bits per heavy atom. The maximum absolute atomic E-state index is 12.0. The fraction of sp³-hybridized carbons (Fsp3) is 0.385. The molecule has 0 saturated carbocycles. The standard InChI is InChI=1S/C13H17NO4/c1-9-5-6-10(7-11(9)17-3)13(16)14(2)8-12(15)18-4/h5-7H,8H2,1-4H3. The first-order valence-electron chi connectivity index (χ1n) is 5.46. The Labute approximate surface area is 106 Å². The van der Waals surface area contributed by atoms with Crippen LogP contribution in [0.2, 0.25) is 0 Å². The van der Waals surface area contributed by atoms with Gasteiger partial charge in [-0.15, -0.1) is 0 Å². The molecule has 0 aliphatic carbocycles. The summed E-state index contributed by atoms with van der Waals surface area (Å²) in [6.07, 6.45) is 0. The molecule has 0 atom stereocenters. The van der Waals surface area contributed by atoms with Crippen molar-refractivity contribution in [3.8, 4) is 5.75 Å². The van der Waals surface area contributed by atoms with E-state index in [0.717, 1.165) is 5.56 Å². The normalized spacial score (nSPS) is 9.78. The van der Waals surface area contributed by atoms with Crippen LogP contribution >= 0.6 is 0 Å². The van der Waals surface area contributed by atoms with Crippen LogP contribution in [0.3, 0.4) is 0 Å². The summed E-state index contributed by atoms with van der Waals surface area (Å²) in [6, 6.07) is 5.16. The average molecular weight is 251 g/mol. The highest BCUT2D eigenvalue weighted by atomic mass is 16.5. The minimum Gasteiger partial charge on any atom is -0.496 e. The second-order valence-corrected chi connectivity index (χ2v) is 3.92. The van der Waals surface area contributed by atoms with Crippen LogP contribution in [0.25, 0.3) is 0 Å². The van der Waals surface area contributed by atoms with Crippen molar-refractivity contribution in [1.29, 1.82) is 0 Å². The van der Waals surface area contributed by atoms with Gasteiger partial charge in [-0.25, -0.2) is 0 Å². The summed E-state index contributed by atoms with van der Waals surface area (Å²) in [5.74, 6) is -0.0593. The molecule has 0 saturated heterocycles. The van der Waals surface area contributed by atoms with Crippen LogP contribution in [0, 0.1) is 6.92 Å².